The van der Waals surface area contributed by atoms with Gasteiger partial charge in [0.15, 0.2) is 0 Å². The molecule has 5 rings (SSSR count). The number of halogens is 1. The quantitative estimate of drug-likeness (QED) is 0.753. The molecule has 2 fully saturated rings. The number of nitrogens with zero attached hydrogens (tertiary/aromatic N) is 4. The van der Waals surface area contributed by atoms with E-state index in [0.29, 0.717) is 6.04 Å². The van der Waals surface area contributed by atoms with Gasteiger partial charge in [-0.3, -0.25) is 4.90 Å². The van der Waals surface area contributed by atoms with Crippen LogP contribution in [-0.2, 0) is 11.8 Å². The zero-order valence-electron chi connectivity index (χ0n) is 16.7. The largest absolute Gasteiger partial charge is 0.371 e. The Morgan fingerprint density at radius 1 is 1.07 bits per heavy atom. The molecule has 0 bridgehead atoms. The van der Waals surface area contributed by atoms with Crippen molar-refractivity contribution in [3.8, 4) is 0 Å². The number of aryl methyl sites for hydroxylation is 2. The molecule has 1 spiro atoms. The molecule has 0 saturated carbocycles. The first kappa shape index (κ1) is 18.4. The highest BCUT2D eigenvalue weighted by atomic mass is 35.5. The van der Waals surface area contributed by atoms with Gasteiger partial charge in [-0.2, -0.15) is 0 Å². The molecule has 1 atom stereocenters. The predicted octanol–water partition coefficient (Wildman–Crippen LogP) is 4.39. The molecule has 2 aromatic rings. The Bertz CT molecular complexity index is 840. The average Bonchev–Trinajstić information content (AvgIpc) is 3.06. The average molecular weight is 397 g/mol. The van der Waals surface area contributed by atoms with E-state index in [-0.39, 0.29) is 5.41 Å². The van der Waals surface area contributed by atoms with Gasteiger partial charge in [0.2, 0.25) is 0 Å². The predicted molar refractivity (Wildman–Crippen MR) is 114 cm³/mol. The van der Waals surface area contributed by atoms with Gasteiger partial charge in [-0.1, -0.05) is 11.6 Å². The Labute approximate surface area is 172 Å². The number of anilines is 1. The van der Waals surface area contributed by atoms with Crippen molar-refractivity contribution in [2.75, 3.05) is 31.1 Å². The van der Waals surface area contributed by atoms with E-state index in [9.17, 15) is 0 Å². The zero-order valence-corrected chi connectivity index (χ0v) is 17.5. The van der Waals surface area contributed by atoms with Gasteiger partial charge in [-0.05, 0) is 81.8 Å². The summed E-state index contributed by atoms with van der Waals surface area (Å²) in [6.07, 6.45) is 9.55. The second kappa shape index (κ2) is 7.31. The summed E-state index contributed by atoms with van der Waals surface area (Å²) in [5.41, 5.74) is 4.33. The van der Waals surface area contributed by atoms with Crippen molar-refractivity contribution < 1.29 is 0 Å². The van der Waals surface area contributed by atoms with E-state index >= 15 is 0 Å². The molecule has 3 heterocycles. The maximum atomic E-state index is 6.05. The Hall–Kier alpha value is -1.65. The molecule has 0 amide bonds. The van der Waals surface area contributed by atoms with E-state index in [1.165, 1.54) is 62.1 Å². The first-order valence-corrected chi connectivity index (χ1v) is 11.1. The van der Waals surface area contributed by atoms with Gasteiger partial charge in [-0.25, -0.2) is 9.97 Å². The van der Waals surface area contributed by atoms with Gasteiger partial charge in [0.1, 0.15) is 5.82 Å². The maximum absolute atomic E-state index is 6.05. The Morgan fingerprint density at radius 3 is 2.64 bits per heavy atom. The Kier molecular flexibility index (Phi) is 4.80. The van der Waals surface area contributed by atoms with Crippen LogP contribution < -0.4 is 4.90 Å². The monoisotopic (exact) mass is 396 g/mol. The molecule has 148 valence electrons. The minimum Gasteiger partial charge on any atom is -0.371 e. The molecular weight excluding hydrogens is 368 g/mol. The number of hydrogen-bond donors (Lipinski definition) is 0. The molecule has 28 heavy (non-hydrogen) atoms. The lowest BCUT2D eigenvalue weighted by molar-refractivity contribution is 0.0860. The van der Waals surface area contributed by atoms with Crippen LogP contribution in [0, 0.1) is 6.92 Å². The summed E-state index contributed by atoms with van der Waals surface area (Å²) in [5, 5.41) is 0.813. The van der Waals surface area contributed by atoms with Gasteiger partial charge in [0.05, 0.1) is 5.69 Å². The molecule has 1 aromatic heterocycles. The fourth-order valence-electron chi connectivity index (χ4n) is 5.65. The van der Waals surface area contributed by atoms with Crippen molar-refractivity contribution in [1.29, 1.82) is 0 Å². The number of aromatic nitrogens is 2. The molecule has 0 N–H and O–H groups in total. The van der Waals surface area contributed by atoms with Crippen molar-refractivity contribution in [3.63, 3.8) is 0 Å². The van der Waals surface area contributed by atoms with Crippen molar-refractivity contribution in [1.82, 2.24) is 14.9 Å². The smallest absolute Gasteiger partial charge is 0.125 e. The SMILES string of the molecule is Cc1ncc2c(n1)C1(CCCN(C3CCN(c4ccc(Cl)cc4)CC3)C1)CC2. The molecule has 1 aromatic carbocycles. The Balaban J connectivity index is 1.27. The van der Waals surface area contributed by atoms with Crippen LogP contribution in [0.1, 0.15) is 49.2 Å². The van der Waals surface area contributed by atoms with Crippen LogP contribution in [0.15, 0.2) is 30.5 Å². The van der Waals surface area contributed by atoms with E-state index in [4.69, 9.17) is 16.6 Å². The summed E-state index contributed by atoms with van der Waals surface area (Å²) in [5.74, 6) is 0.924. The van der Waals surface area contributed by atoms with Crippen LogP contribution in [0.3, 0.4) is 0 Å². The van der Waals surface area contributed by atoms with Gasteiger partial charge >= 0.3 is 0 Å². The van der Waals surface area contributed by atoms with Gasteiger partial charge in [-0.15, -0.1) is 0 Å². The summed E-state index contributed by atoms with van der Waals surface area (Å²) >= 11 is 6.05. The molecule has 3 aliphatic rings. The summed E-state index contributed by atoms with van der Waals surface area (Å²) in [7, 11) is 0. The van der Waals surface area contributed by atoms with Crippen LogP contribution >= 0.6 is 11.6 Å². The maximum Gasteiger partial charge on any atom is 0.125 e. The topological polar surface area (TPSA) is 32.3 Å². The molecule has 5 heteroatoms. The highest BCUT2D eigenvalue weighted by Crippen LogP contribution is 2.44. The molecule has 4 nitrogen and oxygen atoms in total. The number of likely N-dealkylation sites (tertiary alicyclic amines) is 1. The molecular formula is C23H29ClN4. The van der Waals surface area contributed by atoms with Crippen molar-refractivity contribution in [3.05, 3.63) is 52.6 Å². The van der Waals surface area contributed by atoms with Crippen molar-refractivity contribution in [2.24, 2.45) is 0 Å². The van der Waals surface area contributed by atoms with Crippen LogP contribution in [0.5, 0.6) is 0 Å². The van der Waals surface area contributed by atoms with Crippen LogP contribution in [0.4, 0.5) is 5.69 Å². The standard InChI is InChI=1S/C23H29ClN4/c1-17-25-15-18-7-11-23(22(18)26-17)10-2-12-28(16-23)21-8-13-27(14-9-21)20-5-3-19(24)4-6-20/h3-6,15,21H,2,7-14,16H2,1H3. The van der Waals surface area contributed by atoms with Crippen LogP contribution in [-0.4, -0.2) is 47.1 Å². The third kappa shape index (κ3) is 3.31. The third-order valence-electron chi connectivity index (χ3n) is 7.14. The van der Waals surface area contributed by atoms with Gasteiger partial charge in [0, 0.05) is 48.0 Å². The Morgan fingerprint density at radius 2 is 1.86 bits per heavy atom. The fourth-order valence-corrected chi connectivity index (χ4v) is 5.77. The number of piperidine rings is 2. The number of hydrogen-bond acceptors (Lipinski definition) is 4. The van der Waals surface area contributed by atoms with Gasteiger partial charge in [0.25, 0.3) is 0 Å². The fraction of sp³-hybridized carbons (Fsp3) is 0.565. The lowest BCUT2D eigenvalue weighted by Gasteiger charge is -2.46. The van der Waals surface area contributed by atoms with Gasteiger partial charge < -0.3 is 4.90 Å². The minimum absolute atomic E-state index is 0.272. The number of fused-ring (bicyclic) bond motifs is 2. The third-order valence-corrected chi connectivity index (χ3v) is 7.39. The summed E-state index contributed by atoms with van der Waals surface area (Å²) in [4.78, 5) is 14.6. The lowest BCUT2D eigenvalue weighted by Crippen LogP contribution is -2.52. The molecule has 1 aliphatic carbocycles. The second-order valence-corrected chi connectivity index (χ2v) is 9.28. The summed E-state index contributed by atoms with van der Waals surface area (Å²) in [6.45, 7) is 6.72. The van der Waals surface area contributed by atoms with E-state index < -0.39 is 0 Å². The molecule has 2 saturated heterocycles. The second-order valence-electron chi connectivity index (χ2n) is 8.84. The van der Waals surface area contributed by atoms with E-state index in [2.05, 4.69) is 33.1 Å². The summed E-state index contributed by atoms with van der Waals surface area (Å²) in [6, 6.07) is 9.00. The highest BCUT2D eigenvalue weighted by Gasteiger charge is 2.45. The van der Waals surface area contributed by atoms with Crippen LogP contribution in [0.2, 0.25) is 5.02 Å². The first-order valence-electron chi connectivity index (χ1n) is 10.7. The first-order chi connectivity index (χ1) is 13.6. The normalized spacial score (nSPS) is 26.0. The minimum atomic E-state index is 0.272. The zero-order chi connectivity index (χ0) is 19.1. The highest BCUT2D eigenvalue weighted by molar-refractivity contribution is 6.30. The molecule has 1 unspecified atom stereocenters. The summed E-state index contributed by atoms with van der Waals surface area (Å²) < 4.78 is 0. The number of rotatable bonds is 2. The van der Waals surface area contributed by atoms with Crippen molar-refractivity contribution in [2.45, 2.75) is 56.9 Å². The van der Waals surface area contributed by atoms with E-state index in [1.54, 1.807) is 0 Å². The van der Waals surface area contributed by atoms with Crippen molar-refractivity contribution >= 4 is 17.3 Å². The van der Waals surface area contributed by atoms with E-state index in [1.807, 2.05) is 19.1 Å². The lowest BCUT2D eigenvalue weighted by atomic mass is 9.76. The number of benzene rings is 1. The van der Waals surface area contributed by atoms with E-state index in [0.717, 1.165) is 30.4 Å². The van der Waals surface area contributed by atoms with Crippen LogP contribution in [0.25, 0.3) is 0 Å². The molecule has 0 radical (unpaired) electrons. The molecule has 2 aliphatic heterocycles.